The highest BCUT2D eigenvalue weighted by atomic mass is 16.5. The number of rotatable bonds is 4. The van der Waals surface area contributed by atoms with Crippen LogP contribution in [0.15, 0.2) is 79.1 Å². The molecule has 0 spiro atoms. The summed E-state index contributed by atoms with van der Waals surface area (Å²) in [5.41, 5.74) is 6.42. The summed E-state index contributed by atoms with van der Waals surface area (Å²) in [5, 5.41) is 4.18. The summed E-state index contributed by atoms with van der Waals surface area (Å²) >= 11 is 0. The highest BCUT2D eigenvalue weighted by Crippen LogP contribution is 2.23. The largest absolute Gasteiger partial charge is 0.496 e. The molecule has 0 atom stereocenters. The van der Waals surface area contributed by atoms with E-state index in [1.807, 2.05) is 50.5 Å². The molecule has 0 saturated heterocycles. The predicted octanol–water partition coefficient (Wildman–Crippen LogP) is 10.4. The molecule has 4 aromatic rings. The lowest BCUT2D eigenvalue weighted by atomic mass is 10.0. The molecule has 4 rings (SSSR count). The summed E-state index contributed by atoms with van der Waals surface area (Å²) in [5.74, 6) is 2.78. The van der Waals surface area contributed by atoms with E-state index >= 15 is 0 Å². The van der Waals surface area contributed by atoms with Crippen LogP contribution < -0.4 is 4.74 Å². The van der Waals surface area contributed by atoms with Gasteiger partial charge in [0.05, 0.1) is 12.6 Å². The van der Waals surface area contributed by atoms with E-state index in [0.717, 1.165) is 11.3 Å². The average molecular weight is 505 g/mol. The standard InChI is InChI=1S/C11H16O.C10H12N2.C9H12.2C2H6/c1-8(2)10-6-5-9(3)11(7-10)12-4;1-8(2)9-3-4-10-5-6-11-12(10)7-9;1-8(2)9-6-4-3-5-7-9;2*1-2/h5-8H,1-4H3;3-8H,1-2H3;3-8H,1-2H3;2*1-2H3. The Morgan fingerprint density at radius 3 is 1.68 bits per heavy atom. The molecular formula is C34H52N2O. The molecule has 3 nitrogen and oxygen atoms in total. The minimum Gasteiger partial charge on any atom is -0.496 e. The Morgan fingerprint density at radius 2 is 1.19 bits per heavy atom. The molecule has 2 aromatic carbocycles. The third kappa shape index (κ3) is 12.1. The first-order chi connectivity index (χ1) is 17.7. The van der Waals surface area contributed by atoms with Crippen molar-refractivity contribution in [2.45, 2.75) is 93.9 Å². The second kappa shape index (κ2) is 19.1. The van der Waals surface area contributed by atoms with Crippen LogP contribution in [0.1, 0.15) is 109 Å². The number of aryl methyl sites for hydroxylation is 1. The van der Waals surface area contributed by atoms with Crippen molar-refractivity contribution in [3.8, 4) is 5.75 Å². The third-order valence-corrected chi connectivity index (χ3v) is 5.65. The number of nitrogens with zero attached hydrogens (tertiary/aromatic N) is 2. The van der Waals surface area contributed by atoms with Gasteiger partial charge in [-0.3, -0.25) is 0 Å². The van der Waals surface area contributed by atoms with Crippen LogP contribution in [0.2, 0.25) is 0 Å². The van der Waals surface area contributed by atoms with Crippen LogP contribution in [-0.2, 0) is 0 Å². The number of fused-ring (bicyclic) bond motifs is 1. The van der Waals surface area contributed by atoms with Gasteiger partial charge < -0.3 is 4.74 Å². The van der Waals surface area contributed by atoms with Crippen LogP contribution in [0.5, 0.6) is 5.75 Å². The molecule has 0 saturated carbocycles. The van der Waals surface area contributed by atoms with E-state index in [1.165, 1.54) is 22.3 Å². The van der Waals surface area contributed by atoms with Crippen LogP contribution in [0.4, 0.5) is 0 Å². The minimum absolute atomic E-state index is 0.568. The molecule has 0 aliphatic carbocycles. The van der Waals surface area contributed by atoms with Gasteiger partial charge in [0, 0.05) is 12.4 Å². The lowest BCUT2D eigenvalue weighted by molar-refractivity contribution is 0.411. The van der Waals surface area contributed by atoms with Crippen LogP contribution in [0, 0.1) is 6.92 Å². The first-order valence-electron chi connectivity index (χ1n) is 13.9. The van der Waals surface area contributed by atoms with Gasteiger partial charge in [-0.1, -0.05) is 118 Å². The maximum Gasteiger partial charge on any atom is 0.122 e. The first kappa shape index (κ1) is 33.9. The minimum atomic E-state index is 0.568. The smallest absolute Gasteiger partial charge is 0.122 e. The van der Waals surface area contributed by atoms with Crippen molar-refractivity contribution in [1.82, 2.24) is 9.61 Å². The second-order valence-corrected chi connectivity index (χ2v) is 9.27. The van der Waals surface area contributed by atoms with Crippen LogP contribution in [0.3, 0.4) is 0 Å². The molecule has 0 fully saturated rings. The quantitative estimate of drug-likeness (QED) is 0.276. The van der Waals surface area contributed by atoms with Crippen LogP contribution in [-0.4, -0.2) is 16.7 Å². The van der Waals surface area contributed by atoms with E-state index in [9.17, 15) is 0 Å². The molecule has 204 valence electrons. The Bertz CT molecular complexity index is 1100. The number of ether oxygens (including phenoxy) is 1. The Hall–Kier alpha value is -3.07. The SMILES string of the molecule is CC.CC.CC(C)c1ccc2ccnn2c1.CC(C)c1ccccc1.COc1cc(C(C)C)ccc1C. The fourth-order valence-corrected chi connectivity index (χ4v) is 3.31. The molecule has 3 heteroatoms. The summed E-state index contributed by atoms with van der Waals surface area (Å²) in [6.07, 6.45) is 3.90. The topological polar surface area (TPSA) is 26.5 Å². The van der Waals surface area contributed by atoms with Gasteiger partial charge in [0.1, 0.15) is 5.75 Å². The van der Waals surface area contributed by atoms with E-state index < -0.39 is 0 Å². The molecular weight excluding hydrogens is 452 g/mol. The summed E-state index contributed by atoms with van der Waals surface area (Å²) < 4.78 is 7.15. The molecule has 2 heterocycles. The highest BCUT2D eigenvalue weighted by molar-refractivity contribution is 5.46. The lowest BCUT2D eigenvalue weighted by Gasteiger charge is -2.09. The number of benzene rings is 2. The zero-order chi connectivity index (χ0) is 28.4. The van der Waals surface area contributed by atoms with Crippen molar-refractivity contribution < 1.29 is 4.74 Å². The number of aromatic nitrogens is 2. The van der Waals surface area contributed by atoms with Crippen molar-refractivity contribution in [3.05, 3.63) is 101 Å². The van der Waals surface area contributed by atoms with Gasteiger partial charge in [0.25, 0.3) is 0 Å². The number of methoxy groups -OCH3 is 1. The second-order valence-electron chi connectivity index (χ2n) is 9.27. The van der Waals surface area contributed by atoms with Gasteiger partial charge >= 0.3 is 0 Å². The fraction of sp³-hybridized carbons (Fsp3) is 0.441. The summed E-state index contributed by atoms with van der Waals surface area (Å²) in [6.45, 7) is 23.2. The van der Waals surface area contributed by atoms with Gasteiger partial charge in [-0.15, -0.1) is 0 Å². The molecule has 0 N–H and O–H groups in total. The zero-order valence-corrected chi connectivity index (χ0v) is 25.5. The lowest BCUT2D eigenvalue weighted by Crippen LogP contribution is -1.92. The molecule has 0 aliphatic heterocycles. The maximum absolute atomic E-state index is 5.24. The Kier molecular flexibility index (Phi) is 17.5. The molecule has 0 unspecified atom stereocenters. The van der Waals surface area contributed by atoms with E-state index in [-0.39, 0.29) is 0 Å². The maximum atomic E-state index is 5.24. The average Bonchev–Trinajstić information content (AvgIpc) is 3.40. The van der Waals surface area contributed by atoms with Crippen LogP contribution >= 0.6 is 0 Å². The monoisotopic (exact) mass is 504 g/mol. The van der Waals surface area contributed by atoms with Gasteiger partial charge in [-0.25, -0.2) is 4.52 Å². The van der Waals surface area contributed by atoms with Crippen molar-refractivity contribution in [2.75, 3.05) is 7.11 Å². The van der Waals surface area contributed by atoms with Crippen LogP contribution in [0.25, 0.3) is 5.52 Å². The Morgan fingerprint density at radius 1 is 0.649 bits per heavy atom. The molecule has 0 radical (unpaired) electrons. The predicted molar refractivity (Wildman–Crippen MR) is 164 cm³/mol. The number of hydrogen-bond donors (Lipinski definition) is 0. The van der Waals surface area contributed by atoms with Gasteiger partial charge in [-0.05, 0) is 65.1 Å². The van der Waals surface area contributed by atoms with E-state index in [4.69, 9.17) is 4.74 Å². The summed E-state index contributed by atoms with van der Waals surface area (Å²) in [7, 11) is 1.71. The fourth-order valence-electron chi connectivity index (χ4n) is 3.31. The molecule has 37 heavy (non-hydrogen) atoms. The Labute approximate surface area is 227 Å². The Balaban J connectivity index is 0.000000496. The van der Waals surface area contributed by atoms with Crippen molar-refractivity contribution in [2.24, 2.45) is 0 Å². The molecule has 0 aliphatic rings. The van der Waals surface area contributed by atoms with E-state index in [2.05, 4.69) is 114 Å². The van der Waals surface area contributed by atoms with Crippen molar-refractivity contribution in [3.63, 3.8) is 0 Å². The third-order valence-electron chi connectivity index (χ3n) is 5.65. The molecule has 2 aromatic heterocycles. The van der Waals surface area contributed by atoms with Crippen molar-refractivity contribution in [1.29, 1.82) is 0 Å². The highest BCUT2D eigenvalue weighted by Gasteiger charge is 2.03. The normalized spacial score (nSPS) is 9.81. The molecule has 0 bridgehead atoms. The van der Waals surface area contributed by atoms with Gasteiger partial charge in [-0.2, -0.15) is 5.10 Å². The van der Waals surface area contributed by atoms with E-state index in [1.54, 1.807) is 7.11 Å². The summed E-state index contributed by atoms with van der Waals surface area (Å²) in [4.78, 5) is 0. The van der Waals surface area contributed by atoms with Gasteiger partial charge in [0.15, 0.2) is 0 Å². The zero-order valence-electron chi connectivity index (χ0n) is 25.5. The number of hydrogen-bond acceptors (Lipinski definition) is 2. The summed E-state index contributed by atoms with van der Waals surface area (Å²) in [6, 6.07) is 23.1. The molecule has 0 amide bonds. The first-order valence-corrected chi connectivity index (χ1v) is 13.9. The van der Waals surface area contributed by atoms with E-state index in [0.29, 0.717) is 17.8 Å². The van der Waals surface area contributed by atoms with Crippen molar-refractivity contribution >= 4 is 5.52 Å². The number of pyridine rings is 1. The van der Waals surface area contributed by atoms with Gasteiger partial charge in [0.2, 0.25) is 0 Å².